The fourth-order valence-corrected chi connectivity index (χ4v) is 1.47. The lowest BCUT2D eigenvalue weighted by molar-refractivity contribution is -0.135. The molecule has 1 rings (SSSR count). The van der Waals surface area contributed by atoms with Gasteiger partial charge in [0.15, 0.2) is 0 Å². The molecule has 0 aromatic rings. The van der Waals surface area contributed by atoms with Crippen LogP contribution in [-0.2, 0) is 4.79 Å². The topological polar surface area (TPSA) is 49.6 Å². The summed E-state index contributed by atoms with van der Waals surface area (Å²) in [7, 11) is 1.97. The maximum atomic E-state index is 11.5. The van der Waals surface area contributed by atoms with Gasteiger partial charge in [0.2, 0.25) is 5.91 Å². The molecule has 0 bridgehead atoms. The van der Waals surface area contributed by atoms with Crippen LogP contribution >= 0.6 is 0 Å². The molecule has 76 valence electrons. The Bertz CT molecular complexity index is 184. The highest BCUT2D eigenvalue weighted by Crippen LogP contribution is 2.04. The molecule has 4 heteroatoms. The summed E-state index contributed by atoms with van der Waals surface area (Å²) in [4.78, 5) is 15.5. The number of likely N-dealkylation sites (N-methyl/N-ethyl adjacent to an activating group) is 1. The van der Waals surface area contributed by atoms with Gasteiger partial charge in [0.25, 0.3) is 0 Å². The molecule has 1 fully saturated rings. The highest BCUT2D eigenvalue weighted by atomic mass is 16.2. The summed E-state index contributed by atoms with van der Waals surface area (Å²) in [6, 6.07) is 0. The molecule has 1 unspecified atom stereocenters. The summed E-state index contributed by atoms with van der Waals surface area (Å²) in [6.45, 7) is 5.91. The average molecular weight is 185 g/mol. The van der Waals surface area contributed by atoms with Gasteiger partial charge in [0.1, 0.15) is 0 Å². The van der Waals surface area contributed by atoms with Gasteiger partial charge in [-0.05, 0) is 19.5 Å². The van der Waals surface area contributed by atoms with Crippen molar-refractivity contribution >= 4 is 5.91 Å². The van der Waals surface area contributed by atoms with E-state index >= 15 is 0 Å². The van der Waals surface area contributed by atoms with Crippen LogP contribution in [0.4, 0.5) is 0 Å². The number of carbonyl (C=O) groups is 1. The Kier molecular flexibility index (Phi) is 3.69. The molecular weight excluding hydrogens is 166 g/mol. The van der Waals surface area contributed by atoms with E-state index in [4.69, 9.17) is 5.73 Å². The second-order valence-corrected chi connectivity index (χ2v) is 3.92. The van der Waals surface area contributed by atoms with Gasteiger partial charge in [-0.1, -0.05) is 6.92 Å². The van der Waals surface area contributed by atoms with Crippen LogP contribution in [0.2, 0.25) is 0 Å². The highest BCUT2D eigenvalue weighted by molar-refractivity contribution is 5.78. The van der Waals surface area contributed by atoms with Crippen molar-refractivity contribution in [1.82, 2.24) is 9.80 Å². The molecular formula is C9H19N3O. The van der Waals surface area contributed by atoms with Crippen LogP contribution in [0, 0.1) is 5.92 Å². The Morgan fingerprint density at radius 1 is 1.54 bits per heavy atom. The normalized spacial score (nSPS) is 22.1. The Morgan fingerprint density at radius 3 is 2.77 bits per heavy atom. The zero-order valence-corrected chi connectivity index (χ0v) is 8.49. The quantitative estimate of drug-likeness (QED) is 0.636. The van der Waals surface area contributed by atoms with Crippen LogP contribution in [0.15, 0.2) is 0 Å². The second-order valence-electron chi connectivity index (χ2n) is 3.92. The van der Waals surface area contributed by atoms with Crippen molar-refractivity contribution in [2.75, 3.05) is 39.8 Å². The smallest absolute Gasteiger partial charge is 0.236 e. The third-order valence-electron chi connectivity index (χ3n) is 2.44. The number of hydrogen-bond acceptors (Lipinski definition) is 3. The van der Waals surface area contributed by atoms with Crippen molar-refractivity contribution in [3.63, 3.8) is 0 Å². The molecule has 0 radical (unpaired) electrons. The summed E-state index contributed by atoms with van der Waals surface area (Å²) in [6.07, 6.45) is 0. The van der Waals surface area contributed by atoms with Crippen LogP contribution < -0.4 is 5.73 Å². The standard InChI is InChI=1S/C9H19N3O/c1-8(5-10)6-12-4-3-11(2)7-9(12)13/h8H,3-7,10H2,1-2H3. The molecule has 1 amide bonds. The molecule has 1 aliphatic rings. The van der Waals surface area contributed by atoms with Gasteiger partial charge >= 0.3 is 0 Å². The number of nitrogens with zero attached hydrogens (tertiary/aromatic N) is 2. The fraction of sp³-hybridized carbons (Fsp3) is 0.889. The number of amides is 1. The van der Waals surface area contributed by atoms with Gasteiger partial charge in [-0.3, -0.25) is 9.69 Å². The average Bonchev–Trinajstić information content (AvgIpc) is 2.09. The minimum Gasteiger partial charge on any atom is -0.340 e. The first-order valence-corrected chi connectivity index (χ1v) is 4.80. The van der Waals surface area contributed by atoms with E-state index in [1.54, 1.807) is 0 Å². The molecule has 0 spiro atoms. The maximum absolute atomic E-state index is 11.5. The van der Waals surface area contributed by atoms with Crippen molar-refractivity contribution < 1.29 is 4.79 Å². The predicted octanol–water partition coefficient (Wildman–Crippen LogP) is -0.645. The molecule has 0 aromatic heterocycles. The lowest BCUT2D eigenvalue weighted by atomic mass is 10.1. The van der Waals surface area contributed by atoms with E-state index in [1.807, 2.05) is 16.8 Å². The number of hydrogen-bond donors (Lipinski definition) is 1. The number of nitrogens with two attached hydrogens (primary N) is 1. The van der Waals surface area contributed by atoms with Gasteiger partial charge in [-0.15, -0.1) is 0 Å². The van der Waals surface area contributed by atoms with Crippen LogP contribution in [0.5, 0.6) is 0 Å². The zero-order valence-electron chi connectivity index (χ0n) is 8.49. The summed E-state index contributed by atoms with van der Waals surface area (Å²) in [5.74, 6) is 0.640. The molecule has 4 nitrogen and oxygen atoms in total. The Hall–Kier alpha value is -0.610. The molecule has 1 aliphatic heterocycles. The largest absolute Gasteiger partial charge is 0.340 e. The molecule has 1 saturated heterocycles. The highest BCUT2D eigenvalue weighted by Gasteiger charge is 2.22. The van der Waals surface area contributed by atoms with Crippen molar-refractivity contribution in [2.24, 2.45) is 11.7 Å². The van der Waals surface area contributed by atoms with Gasteiger partial charge in [-0.2, -0.15) is 0 Å². The lowest BCUT2D eigenvalue weighted by Crippen LogP contribution is -2.50. The zero-order chi connectivity index (χ0) is 9.84. The van der Waals surface area contributed by atoms with E-state index < -0.39 is 0 Å². The second kappa shape index (κ2) is 4.58. The van der Waals surface area contributed by atoms with E-state index in [0.29, 0.717) is 19.0 Å². The van der Waals surface area contributed by atoms with Crippen LogP contribution in [0.1, 0.15) is 6.92 Å². The van der Waals surface area contributed by atoms with Gasteiger partial charge in [0, 0.05) is 19.6 Å². The summed E-state index contributed by atoms with van der Waals surface area (Å²) in [5.41, 5.74) is 5.51. The summed E-state index contributed by atoms with van der Waals surface area (Å²) in [5, 5.41) is 0. The van der Waals surface area contributed by atoms with Crippen molar-refractivity contribution in [3.8, 4) is 0 Å². The van der Waals surface area contributed by atoms with E-state index in [2.05, 4.69) is 6.92 Å². The Labute approximate surface area is 79.7 Å². The molecule has 1 atom stereocenters. The predicted molar refractivity (Wildman–Crippen MR) is 52.3 cm³/mol. The van der Waals surface area contributed by atoms with Crippen molar-refractivity contribution in [1.29, 1.82) is 0 Å². The molecule has 1 heterocycles. The molecule has 13 heavy (non-hydrogen) atoms. The fourth-order valence-electron chi connectivity index (χ4n) is 1.47. The van der Waals surface area contributed by atoms with Crippen LogP contribution in [0.25, 0.3) is 0 Å². The van der Waals surface area contributed by atoms with E-state index in [9.17, 15) is 4.79 Å². The summed E-state index contributed by atoms with van der Waals surface area (Å²) >= 11 is 0. The van der Waals surface area contributed by atoms with Crippen LogP contribution in [0.3, 0.4) is 0 Å². The number of piperazine rings is 1. The molecule has 2 N–H and O–H groups in total. The van der Waals surface area contributed by atoms with Crippen LogP contribution in [-0.4, -0.2) is 55.5 Å². The van der Waals surface area contributed by atoms with Crippen molar-refractivity contribution in [3.05, 3.63) is 0 Å². The van der Waals surface area contributed by atoms with E-state index in [1.165, 1.54) is 0 Å². The van der Waals surface area contributed by atoms with Gasteiger partial charge in [-0.25, -0.2) is 0 Å². The van der Waals surface area contributed by atoms with Gasteiger partial charge < -0.3 is 10.6 Å². The Balaban J connectivity index is 2.38. The molecule has 0 aliphatic carbocycles. The lowest BCUT2D eigenvalue weighted by Gasteiger charge is -2.33. The van der Waals surface area contributed by atoms with E-state index in [0.717, 1.165) is 19.6 Å². The Morgan fingerprint density at radius 2 is 2.23 bits per heavy atom. The first-order chi connectivity index (χ1) is 6.13. The SMILES string of the molecule is CC(CN)CN1CCN(C)CC1=O. The third-order valence-corrected chi connectivity index (χ3v) is 2.44. The first kappa shape index (κ1) is 10.5. The van der Waals surface area contributed by atoms with Gasteiger partial charge in [0.05, 0.1) is 6.54 Å². The minimum atomic E-state index is 0.231. The van der Waals surface area contributed by atoms with Crippen molar-refractivity contribution in [2.45, 2.75) is 6.92 Å². The minimum absolute atomic E-state index is 0.231. The number of rotatable bonds is 3. The third kappa shape index (κ3) is 2.97. The van der Waals surface area contributed by atoms with E-state index in [-0.39, 0.29) is 5.91 Å². The monoisotopic (exact) mass is 185 g/mol. The first-order valence-electron chi connectivity index (χ1n) is 4.80. The maximum Gasteiger partial charge on any atom is 0.236 e. The molecule has 0 aromatic carbocycles. The molecule has 0 saturated carbocycles. The summed E-state index contributed by atoms with van der Waals surface area (Å²) < 4.78 is 0. The number of carbonyl (C=O) groups excluding carboxylic acids is 1.